The lowest BCUT2D eigenvalue weighted by Gasteiger charge is -2.29. The van der Waals surface area contributed by atoms with Crippen LogP contribution in [0.3, 0.4) is 0 Å². The maximum atomic E-state index is 13.7. The highest BCUT2D eigenvalue weighted by Gasteiger charge is 2.35. The lowest BCUT2D eigenvalue weighted by atomic mass is 9.99. The number of benzene rings is 2. The molecule has 38 heavy (non-hydrogen) atoms. The Morgan fingerprint density at radius 2 is 1.79 bits per heavy atom. The van der Waals surface area contributed by atoms with Crippen LogP contribution in [-0.4, -0.2) is 48.5 Å². The number of rotatable bonds is 6. The number of aryl methyl sites for hydroxylation is 1. The summed E-state index contributed by atoms with van der Waals surface area (Å²) in [6.07, 6.45) is 8.27. The number of carbonyl (C=O) groups is 3. The van der Waals surface area contributed by atoms with Crippen molar-refractivity contribution >= 4 is 35.1 Å². The van der Waals surface area contributed by atoms with Gasteiger partial charge in [-0.25, -0.2) is 9.97 Å². The Balaban J connectivity index is 1.40. The SMILES string of the molecule is Cc1cnc(NC(=O)c2ccc(CN3C(=O)c4ccc(Cl)cc4CC(=O)[C@H]3Cc3cnccn3)cc2)nc1. The van der Waals surface area contributed by atoms with E-state index >= 15 is 0 Å². The van der Waals surface area contributed by atoms with Crippen molar-refractivity contribution in [2.45, 2.75) is 32.4 Å². The molecule has 1 atom stereocenters. The summed E-state index contributed by atoms with van der Waals surface area (Å²) in [6.45, 7) is 2.03. The highest BCUT2D eigenvalue weighted by atomic mass is 35.5. The van der Waals surface area contributed by atoms with E-state index in [1.807, 2.05) is 6.92 Å². The summed E-state index contributed by atoms with van der Waals surface area (Å²) in [4.78, 5) is 57.9. The molecule has 0 saturated carbocycles. The van der Waals surface area contributed by atoms with Crippen LogP contribution in [0.1, 0.15) is 43.1 Å². The zero-order chi connectivity index (χ0) is 26.6. The maximum Gasteiger partial charge on any atom is 0.258 e. The first-order valence-corrected chi connectivity index (χ1v) is 12.3. The molecule has 190 valence electrons. The molecule has 0 spiro atoms. The van der Waals surface area contributed by atoms with Crippen molar-refractivity contribution in [2.24, 2.45) is 0 Å². The first kappa shape index (κ1) is 25.2. The van der Waals surface area contributed by atoms with E-state index in [4.69, 9.17) is 11.6 Å². The normalized spacial score (nSPS) is 15.1. The first-order chi connectivity index (χ1) is 18.4. The van der Waals surface area contributed by atoms with Gasteiger partial charge >= 0.3 is 0 Å². The van der Waals surface area contributed by atoms with Crippen LogP contribution in [-0.2, 0) is 24.2 Å². The monoisotopic (exact) mass is 526 g/mol. The molecule has 4 aromatic rings. The van der Waals surface area contributed by atoms with Crippen molar-refractivity contribution in [1.82, 2.24) is 24.8 Å². The minimum Gasteiger partial charge on any atom is -0.324 e. The van der Waals surface area contributed by atoms with Crippen molar-refractivity contribution < 1.29 is 14.4 Å². The molecule has 1 N–H and O–H groups in total. The zero-order valence-electron chi connectivity index (χ0n) is 20.5. The zero-order valence-corrected chi connectivity index (χ0v) is 21.2. The van der Waals surface area contributed by atoms with E-state index in [-0.39, 0.29) is 42.9 Å². The number of fused-ring (bicyclic) bond motifs is 1. The number of nitrogens with one attached hydrogen (secondary N) is 1. The van der Waals surface area contributed by atoms with Gasteiger partial charge in [-0.15, -0.1) is 0 Å². The summed E-state index contributed by atoms with van der Waals surface area (Å²) < 4.78 is 0. The van der Waals surface area contributed by atoms with Gasteiger partial charge in [-0.3, -0.25) is 29.7 Å². The summed E-state index contributed by atoms with van der Waals surface area (Å²) in [7, 11) is 0. The van der Waals surface area contributed by atoms with Gasteiger partial charge in [0, 0.05) is 66.5 Å². The highest BCUT2D eigenvalue weighted by molar-refractivity contribution is 6.30. The van der Waals surface area contributed by atoms with Crippen LogP contribution in [0.25, 0.3) is 0 Å². The van der Waals surface area contributed by atoms with E-state index in [9.17, 15) is 14.4 Å². The number of Topliss-reactive ketones (excluding diaryl/α,β-unsaturated/α-hetero) is 1. The molecule has 9 nitrogen and oxygen atoms in total. The van der Waals surface area contributed by atoms with E-state index in [2.05, 4.69) is 25.3 Å². The predicted octanol–water partition coefficient (Wildman–Crippen LogP) is 3.86. The van der Waals surface area contributed by atoms with E-state index in [1.54, 1.807) is 78.3 Å². The summed E-state index contributed by atoms with van der Waals surface area (Å²) in [5.74, 6) is -0.523. The molecule has 2 aromatic carbocycles. The van der Waals surface area contributed by atoms with Gasteiger partial charge in [0.2, 0.25) is 5.95 Å². The summed E-state index contributed by atoms with van der Waals surface area (Å²) >= 11 is 6.16. The molecule has 0 saturated heterocycles. The number of hydrogen-bond acceptors (Lipinski definition) is 7. The average molecular weight is 527 g/mol. The molecule has 10 heteroatoms. The van der Waals surface area contributed by atoms with Crippen LogP contribution in [0.4, 0.5) is 5.95 Å². The third-order valence-electron chi connectivity index (χ3n) is 6.27. The molecule has 2 aromatic heterocycles. The van der Waals surface area contributed by atoms with E-state index in [0.717, 1.165) is 11.1 Å². The molecule has 1 aliphatic heterocycles. The van der Waals surface area contributed by atoms with Gasteiger partial charge in [0.1, 0.15) is 0 Å². The molecule has 1 aliphatic rings. The molecular weight excluding hydrogens is 504 g/mol. The lowest BCUT2D eigenvalue weighted by Crippen LogP contribution is -2.45. The van der Waals surface area contributed by atoms with Crippen LogP contribution in [0.2, 0.25) is 5.02 Å². The number of amides is 2. The van der Waals surface area contributed by atoms with Gasteiger partial charge in [-0.2, -0.15) is 0 Å². The van der Waals surface area contributed by atoms with E-state index in [0.29, 0.717) is 27.4 Å². The molecule has 5 rings (SSSR count). The first-order valence-electron chi connectivity index (χ1n) is 11.9. The minimum atomic E-state index is -0.743. The molecule has 0 aliphatic carbocycles. The van der Waals surface area contributed by atoms with Crippen molar-refractivity contribution in [3.8, 4) is 0 Å². The van der Waals surface area contributed by atoms with Gasteiger partial charge < -0.3 is 4.90 Å². The number of halogens is 1. The smallest absolute Gasteiger partial charge is 0.258 e. The van der Waals surface area contributed by atoms with Crippen LogP contribution >= 0.6 is 11.6 Å². The van der Waals surface area contributed by atoms with Gasteiger partial charge in [0.05, 0.1) is 11.7 Å². The van der Waals surface area contributed by atoms with Crippen LogP contribution < -0.4 is 5.32 Å². The van der Waals surface area contributed by atoms with Crippen molar-refractivity contribution in [1.29, 1.82) is 0 Å². The van der Waals surface area contributed by atoms with Crippen LogP contribution in [0, 0.1) is 6.92 Å². The number of ketones is 1. The topological polar surface area (TPSA) is 118 Å². The standard InChI is InChI=1S/C28H23ClN6O3/c1-17-13-32-28(33-14-17)34-26(37)19-4-2-18(3-5-19)16-35-24(12-22-15-30-8-9-31-22)25(36)11-20-10-21(29)6-7-23(20)27(35)38/h2-10,13-15,24H,11-12,16H2,1H3,(H,32,33,34,37)/t24-/m1/s1. The Kier molecular flexibility index (Phi) is 7.19. The summed E-state index contributed by atoms with van der Waals surface area (Å²) in [6, 6.07) is 11.1. The molecule has 2 amide bonds. The Hall–Kier alpha value is -4.50. The molecule has 0 bridgehead atoms. The number of anilines is 1. The number of aromatic nitrogens is 4. The van der Waals surface area contributed by atoms with Crippen molar-refractivity contribution in [3.05, 3.63) is 112 Å². The largest absolute Gasteiger partial charge is 0.324 e. The Morgan fingerprint density at radius 3 is 2.50 bits per heavy atom. The summed E-state index contributed by atoms with van der Waals surface area (Å²) in [5, 5.41) is 3.13. The fourth-order valence-electron chi connectivity index (χ4n) is 4.32. The second-order valence-electron chi connectivity index (χ2n) is 9.03. The number of hydrogen-bond donors (Lipinski definition) is 1. The van der Waals surface area contributed by atoms with Gasteiger partial charge in [0.25, 0.3) is 11.8 Å². The van der Waals surface area contributed by atoms with Crippen LogP contribution in [0.5, 0.6) is 0 Å². The molecule has 0 radical (unpaired) electrons. The number of nitrogens with zero attached hydrogens (tertiary/aromatic N) is 5. The molecule has 3 heterocycles. The lowest BCUT2D eigenvalue weighted by molar-refractivity contribution is -0.122. The second-order valence-corrected chi connectivity index (χ2v) is 9.47. The average Bonchev–Trinajstić information content (AvgIpc) is 3.00. The molecular formula is C28H23ClN6O3. The Labute approximate surface area is 223 Å². The minimum absolute atomic E-state index is 0.0866. The van der Waals surface area contributed by atoms with Crippen molar-refractivity contribution in [2.75, 3.05) is 5.32 Å². The van der Waals surface area contributed by atoms with Gasteiger partial charge in [-0.1, -0.05) is 23.7 Å². The van der Waals surface area contributed by atoms with E-state index in [1.165, 1.54) is 0 Å². The quantitative estimate of drug-likeness (QED) is 0.405. The third kappa shape index (κ3) is 5.57. The highest BCUT2D eigenvalue weighted by Crippen LogP contribution is 2.27. The Bertz CT molecular complexity index is 1490. The molecule has 0 unspecified atom stereocenters. The predicted molar refractivity (Wildman–Crippen MR) is 141 cm³/mol. The molecule has 0 fully saturated rings. The Morgan fingerprint density at radius 1 is 1.03 bits per heavy atom. The summed E-state index contributed by atoms with van der Waals surface area (Å²) in [5.41, 5.74) is 3.71. The van der Waals surface area contributed by atoms with Crippen molar-refractivity contribution in [3.63, 3.8) is 0 Å². The third-order valence-corrected chi connectivity index (χ3v) is 6.50. The maximum absolute atomic E-state index is 13.7. The van der Waals surface area contributed by atoms with Crippen LogP contribution in [0.15, 0.2) is 73.4 Å². The van der Waals surface area contributed by atoms with Gasteiger partial charge in [0.15, 0.2) is 5.78 Å². The van der Waals surface area contributed by atoms with E-state index < -0.39 is 6.04 Å². The second kappa shape index (κ2) is 10.9. The van der Waals surface area contributed by atoms with Gasteiger partial charge in [-0.05, 0) is 53.9 Å². The number of carbonyl (C=O) groups excluding carboxylic acids is 3. The fraction of sp³-hybridized carbons (Fsp3) is 0.179. The fourth-order valence-corrected chi connectivity index (χ4v) is 4.52.